The predicted octanol–water partition coefficient (Wildman–Crippen LogP) is 2.13. The Morgan fingerprint density at radius 3 is 2.74 bits per heavy atom. The van der Waals surface area contributed by atoms with E-state index < -0.39 is 11.7 Å². The van der Waals surface area contributed by atoms with Crippen molar-refractivity contribution < 1.29 is 18.0 Å². The van der Waals surface area contributed by atoms with Crippen LogP contribution in [0.25, 0.3) is 11.4 Å². The summed E-state index contributed by atoms with van der Waals surface area (Å²) >= 11 is 0. The Kier molecular flexibility index (Phi) is 4.97. The van der Waals surface area contributed by atoms with Gasteiger partial charge in [0.05, 0.1) is 5.56 Å². The van der Waals surface area contributed by atoms with Crippen molar-refractivity contribution in [3.63, 3.8) is 0 Å². The van der Waals surface area contributed by atoms with Gasteiger partial charge in [0.25, 0.3) is 0 Å². The number of hydrogen-bond donors (Lipinski definition) is 1. The monoisotopic (exact) mass is 327 g/mol. The summed E-state index contributed by atoms with van der Waals surface area (Å²) in [4.78, 5) is 12.7. The number of nitrogens with one attached hydrogen (secondary N) is 1. The molecular formula is C14H16F3N5O. The first-order valence-corrected chi connectivity index (χ1v) is 6.98. The highest BCUT2D eigenvalue weighted by Crippen LogP contribution is 2.31. The molecule has 1 aromatic heterocycles. The van der Waals surface area contributed by atoms with Gasteiger partial charge in [-0.3, -0.25) is 4.79 Å². The zero-order valence-electron chi connectivity index (χ0n) is 12.6. The maximum absolute atomic E-state index is 12.7. The minimum atomic E-state index is -4.44. The molecule has 0 unspecified atom stereocenters. The number of rotatable bonds is 5. The molecular weight excluding hydrogens is 311 g/mol. The van der Waals surface area contributed by atoms with Crippen LogP contribution in [0, 0.1) is 5.92 Å². The van der Waals surface area contributed by atoms with Gasteiger partial charge in [-0.1, -0.05) is 26.0 Å². The summed E-state index contributed by atoms with van der Waals surface area (Å²) in [5.74, 6) is 0.0581. The van der Waals surface area contributed by atoms with Gasteiger partial charge in [0.15, 0.2) is 0 Å². The fourth-order valence-electron chi connectivity index (χ4n) is 1.76. The van der Waals surface area contributed by atoms with Crippen LogP contribution in [0.1, 0.15) is 19.4 Å². The zero-order valence-corrected chi connectivity index (χ0v) is 12.6. The lowest BCUT2D eigenvalue weighted by molar-refractivity contribution is -0.137. The second-order valence-corrected chi connectivity index (χ2v) is 5.42. The highest BCUT2D eigenvalue weighted by Gasteiger charge is 2.30. The van der Waals surface area contributed by atoms with Gasteiger partial charge in [0, 0.05) is 12.1 Å². The minimum absolute atomic E-state index is 0.0350. The van der Waals surface area contributed by atoms with Crippen molar-refractivity contribution in [2.45, 2.75) is 26.6 Å². The Hall–Kier alpha value is -2.45. The molecule has 0 bridgehead atoms. The third-order valence-corrected chi connectivity index (χ3v) is 2.89. The summed E-state index contributed by atoms with van der Waals surface area (Å²) in [7, 11) is 0. The maximum atomic E-state index is 12.7. The number of tetrazole rings is 1. The molecule has 0 aliphatic rings. The van der Waals surface area contributed by atoms with E-state index in [-0.39, 0.29) is 23.8 Å². The van der Waals surface area contributed by atoms with E-state index in [1.165, 1.54) is 12.1 Å². The van der Waals surface area contributed by atoms with Crippen molar-refractivity contribution in [1.29, 1.82) is 0 Å². The highest BCUT2D eigenvalue weighted by atomic mass is 19.4. The van der Waals surface area contributed by atoms with Gasteiger partial charge in [0.2, 0.25) is 11.7 Å². The van der Waals surface area contributed by atoms with E-state index in [1.807, 2.05) is 13.8 Å². The van der Waals surface area contributed by atoms with Crippen LogP contribution in [0.4, 0.5) is 13.2 Å². The van der Waals surface area contributed by atoms with Gasteiger partial charge in [-0.25, -0.2) is 0 Å². The largest absolute Gasteiger partial charge is 0.416 e. The Morgan fingerprint density at radius 2 is 2.09 bits per heavy atom. The SMILES string of the molecule is CC(C)CNC(=O)Cn1nnc(-c2cccc(C(F)(F)F)c2)n1. The number of aromatic nitrogens is 4. The summed E-state index contributed by atoms with van der Waals surface area (Å²) in [5.41, 5.74) is -0.602. The lowest BCUT2D eigenvalue weighted by atomic mass is 10.1. The molecule has 1 amide bonds. The molecule has 0 aliphatic carbocycles. The molecule has 2 aromatic rings. The van der Waals surface area contributed by atoms with E-state index in [0.717, 1.165) is 16.9 Å². The average molecular weight is 327 g/mol. The lowest BCUT2D eigenvalue weighted by Crippen LogP contribution is -2.31. The molecule has 124 valence electrons. The van der Waals surface area contributed by atoms with E-state index in [0.29, 0.717) is 12.5 Å². The van der Waals surface area contributed by atoms with Gasteiger partial charge in [-0.05, 0) is 23.3 Å². The van der Waals surface area contributed by atoms with Crippen molar-refractivity contribution in [3.05, 3.63) is 29.8 Å². The lowest BCUT2D eigenvalue weighted by Gasteiger charge is -2.07. The van der Waals surface area contributed by atoms with Crippen molar-refractivity contribution in [2.75, 3.05) is 6.54 Å². The fraction of sp³-hybridized carbons (Fsp3) is 0.429. The number of carbonyl (C=O) groups excluding carboxylic acids is 1. The smallest absolute Gasteiger partial charge is 0.354 e. The van der Waals surface area contributed by atoms with Gasteiger partial charge >= 0.3 is 6.18 Å². The molecule has 1 N–H and O–H groups in total. The minimum Gasteiger partial charge on any atom is -0.354 e. The van der Waals surface area contributed by atoms with Crippen LogP contribution in [0.2, 0.25) is 0 Å². The number of alkyl halides is 3. The number of hydrogen-bond acceptors (Lipinski definition) is 4. The third-order valence-electron chi connectivity index (χ3n) is 2.89. The maximum Gasteiger partial charge on any atom is 0.416 e. The molecule has 0 aliphatic heterocycles. The molecule has 9 heteroatoms. The number of benzene rings is 1. The number of carbonyl (C=O) groups is 1. The summed E-state index contributed by atoms with van der Waals surface area (Å²) in [6.45, 7) is 4.30. The summed E-state index contributed by atoms with van der Waals surface area (Å²) in [6.07, 6.45) is -4.44. The molecule has 0 radical (unpaired) electrons. The van der Waals surface area contributed by atoms with Crippen LogP contribution in [-0.2, 0) is 17.5 Å². The molecule has 23 heavy (non-hydrogen) atoms. The van der Waals surface area contributed by atoms with Gasteiger partial charge in [0.1, 0.15) is 6.54 Å². The quantitative estimate of drug-likeness (QED) is 0.913. The molecule has 6 nitrogen and oxygen atoms in total. The summed E-state index contributed by atoms with van der Waals surface area (Å²) < 4.78 is 38.1. The van der Waals surface area contributed by atoms with Crippen LogP contribution >= 0.6 is 0 Å². The van der Waals surface area contributed by atoms with E-state index in [1.54, 1.807) is 0 Å². The Labute approximate surface area is 130 Å². The van der Waals surface area contributed by atoms with Crippen LogP contribution < -0.4 is 5.32 Å². The Bertz CT molecular complexity index is 681. The zero-order chi connectivity index (χ0) is 17.0. The fourth-order valence-corrected chi connectivity index (χ4v) is 1.76. The van der Waals surface area contributed by atoms with Gasteiger partial charge in [-0.15, -0.1) is 10.2 Å². The first-order chi connectivity index (χ1) is 10.8. The van der Waals surface area contributed by atoms with Crippen LogP contribution in [-0.4, -0.2) is 32.7 Å². The van der Waals surface area contributed by atoms with E-state index >= 15 is 0 Å². The number of nitrogens with zero attached hydrogens (tertiary/aromatic N) is 4. The Balaban J connectivity index is 2.09. The molecule has 0 saturated heterocycles. The second-order valence-electron chi connectivity index (χ2n) is 5.42. The van der Waals surface area contributed by atoms with Crippen LogP contribution in [0.3, 0.4) is 0 Å². The molecule has 1 heterocycles. The van der Waals surface area contributed by atoms with Crippen molar-refractivity contribution >= 4 is 5.91 Å². The van der Waals surface area contributed by atoms with Crippen molar-refractivity contribution in [1.82, 2.24) is 25.5 Å². The Morgan fingerprint density at radius 1 is 1.35 bits per heavy atom. The second kappa shape index (κ2) is 6.76. The van der Waals surface area contributed by atoms with Crippen LogP contribution in [0.15, 0.2) is 24.3 Å². The average Bonchev–Trinajstić information content (AvgIpc) is 2.93. The topological polar surface area (TPSA) is 72.7 Å². The normalized spacial score (nSPS) is 11.7. The van der Waals surface area contributed by atoms with E-state index in [4.69, 9.17) is 0 Å². The molecule has 1 aromatic carbocycles. The van der Waals surface area contributed by atoms with Gasteiger partial charge < -0.3 is 5.32 Å². The number of halogens is 3. The van der Waals surface area contributed by atoms with Crippen LogP contribution in [0.5, 0.6) is 0 Å². The highest BCUT2D eigenvalue weighted by molar-refractivity contribution is 5.75. The summed E-state index contributed by atoms with van der Waals surface area (Å²) in [6, 6.07) is 4.64. The first kappa shape index (κ1) is 16.9. The molecule has 0 fully saturated rings. The third kappa shape index (κ3) is 4.76. The van der Waals surface area contributed by atoms with E-state index in [9.17, 15) is 18.0 Å². The first-order valence-electron chi connectivity index (χ1n) is 6.98. The standard InChI is InChI=1S/C14H16F3N5O/c1-9(2)7-18-12(23)8-22-20-13(19-21-22)10-4-3-5-11(6-10)14(15,16)17/h3-6,9H,7-8H2,1-2H3,(H,18,23). The van der Waals surface area contributed by atoms with Gasteiger partial charge in [-0.2, -0.15) is 18.0 Å². The molecule has 0 atom stereocenters. The number of amides is 1. The van der Waals surface area contributed by atoms with Crippen molar-refractivity contribution in [2.24, 2.45) is 5.92 Å². The molecule has 0 saturated carbocycles. The molecule has 0 spiro atoms. The molecule has 2 rings (SSSR count). The van der Waals surface area contributed by atoms with Crippen molar-refractivity contribution in [3.8, 4) is 11.4 Å². The van der Waals surface area contributed by atoms with E-state index in [2.05, 4.69) is 20.7 Å². The summed E-state index contributed by atoms with van der Waals surface area (Å²) in [5, 5.41) is 14.0. The predicted molar refractivity (Wildman–Crippen MR) is 76.1 cm³/mol.